The maximum absolute atomic E-state index is 12.8. The average molecular weight is 431 g/mol. The number of carbonyl (C=O) groups excluding carboxylic acids is 1. The molecule has 0 aliphatic heterocycles. The van der Waals surface area contributed by atoms with E-state index in [0.717, 1.165) is 50.7 Å². The summed E-state index contributed by atoms with van der Waals surface area (Å²) in [4.78, 5) is 19.6. The number of nitrogens with one attached hydrogen (secondary N) is 1. The van der Waals surface area contributed by atoms with E-state index >= 15 is 0 Å². The van der Waals surface area contributed by atoms with E-state index < -0.39 is 0 Å². The van der Waals surface area contributed by atoms with Crippen molar-refractivity contribution < 1.29 is 4.79 Å². The molecule has 0 saturated carbocycles. The lowest BCUT2D eigenvalue weighted by molar-refractivity contribution is -0.121. The molecular weight excluding hydrogens is 400 g/mol. The standard InChI is InChI=1S/C25H30N6O/c1-16-13-17(2)27-24-23(16)25(31-18(3)7-8-19(31)4)28-30(24)15-22(32)26-14-20-9-11-21(12-10-20)29(5)6/h7-13H,14-15H2,1-6H3,(H,26,32). The molecule has 4 aromatic rings. The van der Waals surface area contributed by atoms with Gasteiger partial charge in [0.2, 0.25) is 5.91 Å². The molecule has 0 atom stereocenters. The smallest absolute Gasteiger partial charge is 0.242 e. The van der Waals surface area contributed by atoms with Gasteiger partial charge in [0.15, 0.2) is 11.5 Å². The van der Waals surface area contributed by atoms with Crippen molar-refractivity contribution in [3.8, 4) is 5.82 Å². The summed E-state index contributed by atoms with van der Waals surface area (Å²) in [7, 11) is 4.02. The average Bonchev–Trinajstić information content (AvgIpc) is 3.25. The lowest BCUT2D eigenvalue weighted by Crippen LogP contribution is -2.27. The van der Waals surface area contributed by atoms with Crippen molar-refractivity contribution in [3.63, 3.8) is 0 Å². The molecule has 1 aromatic carbocycles. The predicted molar refractivity (Wildman–Crippen MR) is 128 cm³/mol. The van der Waals surface area contributed by atoms with Gasteiger partial charge in [-0.2, -0.15) is 5.10 Å². The molecular formula is C25H30N6O. The summed E-state index contributed by atoms with van der Waals surface area (Å²) in [5.74, 6) is 0.719. The Bertz CT molecular complexity index is 1260. The first-order valence-electron chi connectivity index (χ1n) is 10.8. The fourth-order valence-electron chi connectivity index (χ4n) is 4.07. The van der Waals surface area contributed by atoms with Crippen LogP contribution in [0.5, 0.6) is 0 Å². The molecule has 4 rings (SSSR count). The number of carbonyl (C=O) groups is 1. The number of nitrogens with zero attached hydrogens (tertiary/aromatic N) is 5. The van der Waals surface area contributed by atoms with Crippen LogP contribution >= 0.6 is 0 Å². The highest BCUT2D eigenvalue weighted by molar-refractivity contribution is 5.88. The second-order valence-corrected chi connectivity index (χ2v) is 8.55. The molecule has 3 heterocycles. The highest BCUT2D eigenvalue weighted by Crippen LogP contribution is 2.27. The number of rotatable bonds is 6. The monoisotopic (exact) mass is 430 g/mol. The van der Waals surface area contributed by atoms with E-state index in [0.29, 0.717) is 6.54 Å². The topological polar surface area (TPSA) is 68.0 Å². The molecule has 0 radical (unpaired) electrons. The van der Waals surface area contributed by atoms with Crippen LogP contribution in [0.4, 0.5) is 5.69 Å². The SMILES string of the molecule is Cc1cc(C)c2c(-n3c(C)ccc3C)nn(CC(=O)NCc3ccc(N(C)C)cc3)c2n1. The van der Waals surface area contributed by atoms with Gasteiger partial charge >= 0.3 is 0 Å². The number of aryl methyl sites for hydroxylation is 4. The van der Waals surface area contributed by atoms with Gasteiger partial charge in [0, 0.05) is 43.4 Å². The fourth-order valence-corrected chi connectivity index (χ4v) is 4.07. The Hall–Kier alpha value is -3.61. The van der Waals surface area contributed by atoms with E-state index in [1.807, 2.05) is 50.2 Å². The Morgan fingerprint density at radius 2 is 1.66 bits per heavy atom. The lowest BCUT2D eigenvalue weighted by Gasteiger charge is -2.13. The first-order valence-corrected chi connectivity index (χ1v) is 10.8. The molecule has 166 valence electrons. The largest absolute Gasteiger partial charge is 0.378 e. The molecule has 3 aromatic heterocycles. The predicted octanol–water partition coefficient (Wildman–Crippen LogP) is 3.84. The minimum atomic E-state index is -0.0976. The summed E-state index contributed by atoms with van der Waals surface area (Å²) in [5.41, 5.74) is 7.11. The number of aromatic nitrogens is 4. The van der Waals surface area contributed by atoms with Crippen molar-refractivity contribution in [3.05, 3.63) is 70.7 Å². The molecule has 0 aliphatic rings. The highest BCUT2D eigenvalue weighted by atomic mass is 16.2. The molecule has 0 saturated heterocycles. The van der Waals surface area contributed by atoms with Gasteiger partial charge in [-0.1, -0.05) is 12.1 Å². The minimum Gasteiger partial charge on any atom is -0.378 e. The Morgan fingerprint density at radius 3 is 2.28 bits per heavy atom. The summed E-state index contributed by atoms with van der Waals surface area (Å²) in [6.07, 6.45) is 0. The summed E-state index contributed by atoms with van der Waals surface area (Å²) in [6.45, 7) is 8.73. The Balaban J connectivity index is 1.61. The maximum Gasteiger partial charge on any atom is 0.242 e. The Kier molecular flexibility index (Phi) is 5.74. The van der Waals surface area contributed by atoms with Gasteiger partial charge in [0.25, 0.3) is 0 Å². The van der Waals surface area contributed by atoms with Crippen molar-refractivity contribution in [2.75, 3.05) is 19.0 Å². The minimum absolute atomic E-state index is 0.0976. The van der Waals surface area contributed by atoms with E-state index in [-0.39, 0.29) is 12.5 Å². The van der Waals surface area contributed by atoms with E-state index in [1.165, 1.54) is 0 Å². The van der Waals surface area contributed by atoms with Crippen LogP contribution in [0.25, 0.3) is 16.9 Å². The van der Waals surface area contributed by atoms with Crippen molar-refractivity contribution >= 4 is 22.6 Å². The van der Waals surface area contributed by atoms with Crippen LogP contribution in [0.15, 0.2) is 42.5 Å². The first-order chi connectivity index (χ1) is 15.2. The van der Waals surface area contributed by atoms with Gasteiger partial charge in [-0.3, -0.25) is 4.79 Å². The number of hydrogen-bond donors (Lipinski definition) is 1. The van der Waals surface area contributed by atoms with Crippen LogP contribution in [0.2, 0.25) is 0 Å². The lowest BCUT2D eigenvalue weighted by atomic mass is 10.1. The Labute approximate surface area is 188 Å². The summed E-state index contributed by atoms with van der Waals surface area (Å²) in [5, 5.41) is 8.82. The van der Waals surface area contributed by atoms with E-state index in [1.54, 1.807) is 4.68 Å². The number of amides is 1. The van der Waals surface area contributed by atoms with E-state index in [2.05, 4.69) is 48.9 Å². The molecule has 0 unspecified atom stereocenters. The van der Waals surface area contributed by atoms with E-state index in [9.17, 15) is 4.79 Å². The molecule has 1 amide bonds. The molecule has 0 spiro atoms. The third-order valence-electron chi connectivity index (χ3n) is 5.73. The molecule has 1 N–H and O–H groups in total. The van der Waals surface area contributed by atoms with Gasteiger partial charge in [0.05, 0.1) is 5.39 Å². The summed E-state index contributed by atoms with van der Waals surface area (Å²) >= 11 is 0. The van der Waals surface area contributed by atoms with Crippen molar-refractivity contribution in [1.29, 1.82) is 0 Å². The number of benzene rings is 1. The van der Waals surface area contributed by atoms with Crippen molar-refractivity contribution in [2.24, 2.45) is 0 Å². The zero-order valence-corrected chi connectivity index (χ0v) is 19.6. The number of fused-ring (bicyclic) bond motifs is 1. The maximum atomic E-state index is 12.8. The van der Waals surface area contributed by atoms with Crippen LogP contribution in [0.1, 0.15) is 28.2 Å². The molecule has 0 aliphatic carbocycles. The number of pyridine rings is 1. The van der Waals surface area contributed by atoms with Crippen LogP contribution in [0.3, 0.4) is 0 Å². The number of anilines is 1. The number of hydrogen-bond acceptors (Lipinski definition) is 4. The highest BCUT2D eigenvalue weighted by Gasteiger charge is 2.19. The van der Waals surface area contributed by atoms with Gasteiger partial charge in [-0.05, 0) is 69.2 Å². The zero-order chi connectivity index (χ0) is 23.0. The third-order valence-corrected chi connectivity index (χ3v) is 5.73. The van der Waals surface area contributed by atoms with Crippen LogP contribution < -0.4 is 10.2 Å². The second kappa shape index (κ2) is 8.49. The van der Waals surface area contributed by atoms with Crippen molar-refractivity contribution in [1.82, 2.24) is 24.6 Å². The van der Waals surface area contributed by atoms with Crippen LogP contribution in [0, 0.1) is 27.7 Å². The van der Waals surface area contributed by atoms with Gasteiger partial charge in [-0.15, -0.1) is 0 Å². The van der Waals surface area contributed by atoms with Crippen LogP contribution in [-0.4, -0.2) is 39.3 Å². The normalized spacial score (nSPS) is 11.2. The first kappa shape index (κ1) is 21.6. The summed E-state index contributed by atoms with van der Waals surface area (Å²) < 4.78 is 3.83. The molecule has 32 heavy (non-hydrogen) atoms. The Morgan fingerprint density at radius 1 is 1.00 bits per heavy atom. The molecule has 7 heteroatoms. The summed E-state index contributed by atoms with van der Waals surface area (Å²) in [6, 6.07) is 14.4. The van der Waals surface area contributed by atoms with Crippen molar-refractivity contribution in [2.45, 2.75) is 40.8 Å². The van der Waals surface area contributed by atoms with Crippen LogP contribution in [-0.2, 0) is 17.9 Å². The van der Waals surface area contributed by atoms with Gasteiger partial charge in [0.1, 0.15) is 6.54 Å². The fraction of sp³-hybridized carbons (Fsp3) is 0.320. The molecule has 0 bridgehead atoms. The van der Waals surface area contributed by atoms with Gasteiger partial charge < -0.3 is 14.8 Å². The molecule has 0 fully saturated rings. The van der Waals surface area contributed by atoms with E-state index in [4.69, 9.17) is 10.1 Å². The third kappa shape index (κ3) is 4.10. The second-order valence-electron chi connectivity index (χ2n) is 8.55. The quantitative estimate of drug-likeness (QED) is 0.505. The zero-order valence-electron chi connectivity index (χ0n) is 19.6. The van der Waals surface area contributed by atoms with Gasteiger partial charge in [-0.25, -0.2) is 9.67 Å². The molecule has 7 nitrogen and oxygen atoms in total.